The quantitative estimate of drug-likeness (QED) is 0.482. The lowest BCUT2D eigenvalue weighted by Crippen LogP contribution is -2.27. The van der Waals surface area contributed by atoms with Crippen LogP contribution < -0.4 is 0 Å². The molecule has 1 saturated carbocycles. The molecule has 1 aliphatic rings. The molecule has 0 atom stereocenters. The first-order valence-corrected chi connectivity index (χ1v) is 9.17. The van der Waals surface area contributed by atoms with E-state index in [1.807, 2.05) is 38.1 Å². The number of alkyl halides is 2. The number of aryl methyl sites for hydroxylation is 1. The van der Waals surface area contributed by atoms with Gasteiger partial charge in [0, 0.05) is 6.42 Å². The minimum atomic E-state index is -3.02. The third-order valence-corrected chi connectivity index (χ3v) is 5.04. The van der Waals surface area contributed by atoms with Crippen LogP contribution >= 0.6 is 0 Å². The lowest BCUT2D eigenvalue weighted by atomic mass is 9.78. The molecule has 3 heteroatoms. The molecule has 24 heavy (non-hydrogen) atoms. The van der Waals surface area contributed by atoms with E-state index in [0.29, 0.717) is 5.92 Å². The molecule has 1 nitrogen and oxygen atoms in total. The van der Waals surface area contributed by atoms with E-state index in [4.69, 9.17) is 4.74 Å². The van der Waals surface area contributed by atoms with Crippen molar-refractivity contribution in [3.8, 4) is 0 Å². The molecule has 0 saturated heterocycles. The van der Waals surface area contributed by atoms with E-state index < -0.39 is 6.11 Å². The van der Waals surface area contributed by atoms with Gasteiger partial charge in [-0.2, -0.15) is 8.78 Å². The molecule has 0 radical (unpaired) electrons. The van der Waals surface area contributed by atoms with Gasteiger partial charge in [-0.3, -0.25) is 0 Å². The summed E-state index contributed by atoms with van der Waals surface area (Å²) in [6.07, 6.45) is 7.39. The van der Waals surface area contributed by atoms with Crippen LogP contribution in [0.1, 0.15) is 63.0 Å². The Morgan fingerprint density at radius 3 is 2.33 bits per heavy atom. The van der Waals surface area contributed by atoms with E-state index >= 15 is 0 Å². The van der Waals surface area contributed by atoms with E-state index in [0.717, 1.165) is 43.2 Å². The van der Waals surface area contributed by atoms with Gasteiger partial charge < -0.3 is 4.74 Å². The SMILES string of the molecule is C/C=C/CC[C@H]1CC[C@H](CC(F)(F)OCc2ccc(C)cc2)CC1. The smallest absolute Gasteiger partial charge is 0.316 e. The van der Waals surface area contributed by atoms with Crippen LogP contribution in [0.15, 0.2) is 36.4 Å². The zero-order valence-electron chi connectivity index (χ0n) is 14.9. The van der Waals surface area contributed by atoms with Crippen LogP contribution in [-0.2, 0) is 11.3 Å². The Hall–Kier alpha value is -1.22. The summed E-state index contributed by atoms with van der Waals surface area (Å²) in [5.41, 5.74) is 1.92. The highest BCUT2D eigenvalue weighted by Gasteiger charge is 2.35. The zero-order valence-corrected chi connectivity index (χ0v) is 14.9. The van der Waals surface area contributed by atoms with Crippen LogP contribution in [0, 0.1) is 18.8 Å². The molecule has 0 unspecified atom stereocenters. The van der Waals surface area contributed by atoms with Crippen LogP contribution in [0.4, 0.5) is 8.78 Å². The zero-order chi connectivity index (χ0) is 17.4. The van der Waals surface area contributed by atoms with Crippen molar-refractivity contribution in [1.82, 2.24) is 0 Å². The molecule has 1 aromatic rings. The largest absolute Gasteiger partial charge is 0.356 e. The summed E-state index contributed by atoms with van der Waals surface area (Å²) < 4.78 is 33.1. The van der Waals surface area contributed by atoms with Crippen molar-refractivity contribution >= 4 is 0 Å². The van der Waals surface area contributed by atoms with Crippen LogP contribution in [-0.4, -0.2) is 6.11 Å². The topological polar surface area (TPSA) is 9.23 Å². The van der Waals surface area contributed by atoms with Crippen molar-refractivity contribution in [3.05, 3.63) is 47.5 Å². The van der Waals surface area contributed by atoms with Gasteiger partial charge in [-0.05, 0) is 56.9 Å². The third-order valence-electron chi connectivity index (χ3n) is 5.04. The summed E-state index contributed by atoms with van der Waals surface area (Å²) in [5.74, 6) is 0.801. The molecule has 0 aliphatic heterocycles. The second-order valence-corrected chi connectivity index (χ2v) is 7.15. The van der Waals surface area contributed by atoms with Gasteiger partial charge in [-0.15, -0.1) is 0 Å². The lowest BCUT2D eigenvalue weighted by molar-refractivity contribution is -0.256. The molecule has 0 N–H and O–H groups in total. The molecule has 2 rings (SSSR count). The third kappa shape index (κ3) is 6.72. The highest BCUT2D eigenvalue weighted by molar-refractivity contribution is 5.20. The van der Waals surface area contributed by atoms with Crippen molar-refractivity contribution in [2.45, 2.75) is 71.5 Å². The molecule has 134 valence electrons. The van der Waals surface area contributed by atoms with Gasteiger partial charge in [-0.1, -0.05) is 54.8 Å². The number of halogens is 2. The first-order valence-electron chi connectivity index (χ1n) is 9.17. The van der Waals surface area contributed by atoms with Crippen molar-refractivity contribution in [3.63, 3.8) is 0 Å². The Morgan fingerprint density at radius 1 is 1.08 bits per heavy atom. The summed E-state index contributed by atoms with van der Waals surface area (Å²) in [7, 11) is 0. The Bertz CT molecular complexity index is 499. The fraction of sp³-hybridized carbons (Fsp3) is 0.619. The average Bonchev–Trinajstić information content (AvgIpc) is 2.56. The second-order valence-electron chi connectivity index (χ2n) is 7.15. The second kappa shape index (κ2) is 9.31. The maximum absolute atomic E-state index is 14.1. The predicted octanol–water partition coefficient (Wildman–Crippen LogP) is 6.66. The number of rotatable bonds is 8. The van der Waals surface area contributed by atoms with E-state index in [2.05, 4.69) is 12.2 Å². The van der Waals surface area contributed by atoms with Gasteiger partial charge >= 0.3 is 6.11 Å². The van der Waals surface area contributed by atoms with Crippen molar-refractivity contribution in [2.24, 2.45) is 11.8 Å². The van der Waals surface area contributed by atoms with Gasteiger partial charge in [0.2, 0.25) is 0 Å². The van der Waals surface area contributed by atoms with E-state index in [1.54, 1.807) is 0 Å². The molecular formula is C21H30F2O. The van der Waals surface area contributed by atoms with E-state index in [-0.39, 0.29) is 18.9 Å². The molecule has 0 amide bonds. The summed E-state index contributed by atoms with van der Waals surface area (Å²) >= 11 is 0. The molecule has 1 aliphatic carbocycles. The Kier molecular flexibility index (Phi) is 7.41. The molecule has 0 aromatic heterocycles. The van der Waals surface area contributed by atoms with Crippen molar-refractivity contribution in [1.29, 1.82) is 0 Å². The predicted molar refractivity (Wildman–Crippen MR) is 95.0 cm³/mol. The maximum Gasteiger partial charge on any atom is 0.356 e. The van der Waals surface area contributed by atoms with Crippen molar-refractivity contribution in [2.75, 3.05) is 0 Å². The van der Waals surface area contributed by atoms with E-state index in [1.165, 1.54) is 6.42 Å². The number of benzene rings is 1. The Morgan fingerprint density at radius 2 is 1.71 bits per heavy atom. The molecular weight excluding hydrogens is 306 g/mol. The minimum Gasteiger partial charge on any atom is -0.316 e. The van der Waals surface area contributed by atoms with Gasteiger partial charge in [-0.25, -0.2) is 0 Å². The molecule has 1 aromatic carbocycles. The van der Waals surface area contributed by atoms with Gasteiger partial charge in [0.05, 0.1) is 6.61 Å². The van der Waals surface area contributed by atoms with Crippen molar-refractivity contribution < 1.29 is 13.5 Å². The lowest BCUT2D eigenvalue weighted by Gasteiger charge is -2.30. The first-order chi connectivity index (χ1) is 11.5. The number of hydrogen-bond acceptors (Lipinski definition) is 1. The standard InChI is InChI=1S/C21H30F2O/c1-3-4-5-6-18-11-13-19(14-12-18)15-21(22,23)24-16-20-9-7-17(2)8-10-20/h3-4,7-10,18-19H,5-6,11-16H2,1-2H3/b4-3+/t18-,19-. The normalized spacial score (nSPS) is 22.2. The maximum atomic E-state index is 14.1. The number of ether oxygens (including phenoxy) is 1. The van der Waals surface area contributed by atoms with Gasteiger partial charge in [0.25, 0.3) is 0 Å². The van der Waals surface area contributed by atoms with Crippen LogP contribution in [0.2, 0.25) is 0 Å². The Balaban J connectivity index is 1.71. The average molecular weight is 336 g/mol. The summed E-state index contributed by atoms with van der Waals surface area (Å²) in [4.78, 5) is 0. The Labute approximate surface area is 145 Å². The number of allylic oxidation sites excluding steroid dienone is 2. The fourth-order valence-electron chi connectivity index (χ4n) is 3.49. The summed E-state index contributed by atoms with van der Waals surface area (Å²) in [6, 6.07) is 7.54. The fourth-order valence-corrected chi connectivity index (χ4v) is 3.49. The molecule has 0 bridgehead atoms. The molecule has 0 spiro atoms. The van der Waals surface area contributed by atoms with Crippen LogP contribution in [0.5, 0.6) is 0 Å². The first kappa shape index (κ1) is 19.1. The molecule has 1 fully saturated rings. The monoisotopic (exact) mass is 336 g/mol. The summed E-state index contributed by atoms with van der Waals surface area (Å²) in [5, 5.41) is 0. The molecule has 0 heterocycles. The van der Waals surface area contributed by atoms with E-state index in [9.17, 15) is 8.78 Å². The number of hydrogen-bond donors (Lipinski definition) is 0. The summed E-state index contributed by atoms with van der Waals surface area (Å²) in [6.45, 7) is 4.00. The highest BCUT2D eigenvalue weighted by Crippen LogP contribution is 2.38. The van der Waals surface area contributed by atoms with Gasteiger partial charge in [0.1, 0.15) is 0 Å². The highest BCUT2D eigenvalue weighted by atomic mass is 19.3. The van der Waals surface area contributed by atoms with Gasteiger partial charge in [0.15, 0.2) is 0 Å². The van der Waals surface area contributed by atoms with Crippen LogP contribution in [0.25, 0.3) is 0 Å². The van der Waals surface area contributed by atoms with Crippen LogP contribution in [0.3, 0.4) is 0 Å². The minimum absolute atomic E-state index is 0.0218.